The van der Waals surface area contributed by atoms with Crippen molar-refractivity contribution in [2.24, 2.45) is 0 Å². The van der Waals surface area contributed by atoms with Gasteiger partial charge in [-0.1, -0.05) is 66.7 Å². The highest BCUT2D eigenvalue weighted by Gasteiger charge is 2.26. The van der Waals surface area contributed by atoms with Crippen molar-refractivity contribution in [3.05, 3.63) is 119 Å². The van der Waals surface area contributed by atoms with Gasteiger partial charge in [-0.05, 0) is 53.6 Å². The van der Waals surface area contributed by atoms with Gasteiger partial charge in [-0.2, -0.15) is 0 Å². The lowest BCUT2D eigenvalue weighted by atomic mass is 9.86. The van der Waals surface area contributed by atoms with Gasteiger partial charge in [0, 0.05) is 37.6 Å². The normalized spacial score (nSPS) is 15.7. The number of hydrogen-bond acceptors (Lipinski definition) is 4. The van der Waals surface area contributed by atoms with Gasteiger partial charge in [0.05, 0.1) is 11.2 Å². The number of benzene rings is 3. The van der Waals surface area contributed by atoms with Crippen LogP contribution in [-0.4, -0.2) is 23.3 Å². The quantitative estimate of drug-likeness (QED) is 0.350. The summed E-state index contributed by atoms with van der Waals surface area (Å²) in [5.41, 5.74) is 5.88. The van der Waals surface area contributed by atoms with E-state index in [1.165, 1.54) is 11.1 Å². The number of imidazole rings is 1. The standard InChI is InChI=1S/C28H30N4O2S/c33-35(34,31-17-22-7-2-1-3-8-22)26-15-13-23(14-16-26)19-32(20-25-18-29-21-30-25)28-12-6-10-24-9-4-5-11-27(24)28/h1-5,7-9,11,13-16,18,21,28,31H,6,10,12,17,19-20H2,(H,29,30). The molecule has 0 aliphatic heterocycles. The third kappa shape index (κ3) is 5.70. The van der Waals surface area contributed by atoms with Gasteiger partial charge in [0.2, 0.25) is 10.0 Å². The highest BCUT2D eigenvalue weighted by atomic mass is 32.2. The van der Waals surface area contributed by atoms with Crippen molar-refractivity contribution in [2.45, 2.75) is 49.8 Å². The molecule has 0 saturated heterocycles. The van der Waals surface area contributed by atoms with Crippen LogP contribution in [0.15, 0.2) is 96.3 Å². The molecule has 2 N–H and O–H groups in total. The van der Waals surface area contributed by atoms with E-state index in [0.717, 1.165) is 49.2 Å². The summed E-state index contributed by atoms with van der Waals surface area (Å²) < 4.78 is 28.3. The van der Waals surface area contributed by atoms with Crippen molar-refractivity contribution in [2.75, 3.05) is 0 Å². The van der Waals surface area contributed by atoms with Gasteiger partial charge >= 0.3 is 0 Å². The zero-order valence-electron chi connectivity index (χ0n) is 19.6. The third-order valence-electron chi connectivity index (χ3n) is 6.64. The van der Waals surface area contributed by atoms with E-state index in [9.17, 15) is 8.42 Å². The fourth-order valence-electron chi connectivity index (χ4n) is 4.84. The fraction of sp³-hybridized carbons (Fsp3) is 0.250. The van der Waals surface area contributed by atoms with Crippen LogP contribution in [-0.2, 0) is 36.1 Å². The Morgan fingerprint density at radius 1 is 0.914 bits per heavy atom. The first-order valence-corrected chi connectivity index (χ1v) is 13.5. The molecule has 180 valence electrons. The maximum atomic E-state index is 12.8. The molecule has 3 aromatic carbocycles. The van der Waals surface area contributed by atoms with Crippen LogP contribution in [0.4, 0.5) is 0 Å². The second-order valence-corrected chi connectivity index (χ2v) is 10.8. The molecule has 1 atom stereocenters. The second-order valence-electron chi connectivity index (χ2n) is 9.04. The van der Waals surface area contributed by atoms with E-state index in [2.05, 4.69) is 43.9 Å². The van der Waals surface area contributed by atoms with Crippen LogP contribution in [0.5, 0.6) is 0 Å². The molecule has 5 rings (SSSR count). The van der Waals surface area contributed by atoms with E-state index in [0.29, 0.717) is 6.04 Å². The molecule has 0 saturated carbocycles. The number of fused-ring (bicyclic) bond motifs is 1. The van der Waals surface area contributed by atoms with Gasteiger partial charge in [-0.25, -0.2) is 18.1 Å². The van der Waals surface area contributed by atoms with Crippen LogP contribution in [0.1, 0.15) is 46.8 Å². The van der Waals surface area contributed by atoms with Crippen LogP contribution in [0.25, 0.3) is 0 Å². The highest BCUT2D eigenvalue weighted by molar-refractivity contribution is 7.89. The summed E-state index contributed by atoms with van der Waals surface area (Å²) >= 11 is 0. The summed E-state index contributed by atoms with van der Waals surface area (Å²) in [5.74, 6) is 0. The SMILES string of the molecule is O=S(=O)(NCc1ccccc1)c1ccc(CN(Cc2cnc[nH]2)C2CCCc3ccccc32)cc1. The molecule has 1 aliphatic rings. The molecule has 1 heterocycles. The largest absolute Gasteiger partial charge is 0.347 e. The number of hydrogen-bond donors (Lipinski definition) is 2. The summed E-state index contributed by atoms with van der Waals surface area (Å²) in [6, 6.07) is 25.8. The lowest BCUT2D eigenvalue weighted by Crippen LogP contribution is -2.31. The molecule has 0 spiro atoms. The Bertz CT molecular complexity index is 1340. The number of aryl methyl sites for hydroxylation is 1. The summed E-state index contributed by atoms with van der Waals surface area (Å²) in [5, 5.41) is 0. The smallest absolute Gasteiger partial charge is 0.240 e. The molecular formula is C28H30N4O2S. The number of nitrogens with zero attached hydrogens (tertiary/aromatic N) is 2. The average molecular weight is 487 g/mol. The van der Waals surface area contributed by atoms with Crippen LogP contribution in [0.3, 0.4) is 0 Å². The molecule has 0 amide bonds. The van der Waals surface area contributed by atoms with E-state index >= 15 is 0 Å². The van der Waals surface area contributed by atoms with Gasteiger partial charge in [-0.15, -0.1) is 0 Å². The molecule has 0 bridgehead atoms. The topological polar surface area (TPSA) is 78.1 Å². The molecule has 4 aromatic rings. The van der Waals surface area contributed by atoms with E-state index < -0.39 is 10.0 Å². The first-order valence-electron chi connectivity index (χ1n) is 12.0. The molecule has 35 heavy (non-hydrogen) atoms. The van der Waals surface area contributed by atoms with Crippen molar-refractivity contribution >= 4 is 10.0 Å². The molecule has 1 unspecified atom stereocenters. The summed E-state index contributed by atoms with van der Waals surface area (Å²) in [6.45, 7) is 1.73. The number of rotatable bonds is 9. The van der Waals surface area contributed by atoms with E-state index in [4.69, 9.17) is 0 Å². The average Bonchev–Trinajstić information content (AvgIpc) is 3.41. The minimum Gasteiger partial charge on any atom is -0.347 e. The summed E-state index contributed by atoms with van der Waals surface area (Å²) in [4.78, 5) is 10.2. The summed E-state index contributed by atoms with van der Waals surface area (Å²) in [7, 11) is -3.58. The molecule has 1 aliphatic carbocycles. The van der Waals surface area contributed by atoms with Crippen molar-refractivity contribution in [1.29, 1.82) is 0 Å². The monoisotopic (exact) mass is 486 g/mol. The first kappa shape index (κ1) is 23.5. The molecular weight excluding hydrogens is 456 g/mol. The number of sulfonamides is 1. The molecule has 0 radical (unpaired) electrons. The lowest BCUT2D eigenvalue weighted by molar-refractivity contribution is 0.159. The van der Waals surface area contributed by atoms with Crippen LogP contribution >= 0.6 is 0 Å². The Morgan fingerprint density at radius 2 is 1.69 bits per heavy atom. The highest BCUT2D eigenvalue weighted by Crippen LogP contribution is 2.36. The van der Waals surface area contributed by atoms with Crippen LogP contribution in [0.2, 0.25) is 0 Å². The van der Waals surface area contributed by atoms with Crippen molar-refractivity contribution in [1.82, 2.24) is 19.6 Å². The zero-order chi connectivity index (χ0) is 24.1. The minimum absolute atomic E-state index is 0.268. The van der Waals surface area contributed by atoms with E-state index in [-0.39, 0.29) is 11.4 Å². The second kappa shape index (κ2) is 10.6. The van der Waals surface area contributed by atoms with Gasteiger partial charge in [0.25, 0.3) is 0 Å². The van der Waals surface area contributed by atoms with Crippen molar-refractivity contribution in [3.8, 4) is 0 Å². The maximum Gasteiger partial charge on any atom is 0.240 e. The van der Waals surface area contributed by atoms with Gasteiger partial charge in [-0.3, -0.25) is 4.90 Å². The van der Waals surface area contributed by atoms with E-state index in [1.807, 2.05) is 48.7 Å². The van der Waals surface area contributed by atoms with E-state index in [1.54, 1.807) is 18.5 Å². The van der Waals surface area contributed by atoms with Crippen LogP contribution in [0, 0.1) is 0 Å². The number of aromatic amines is 1. The van der Waals surface area contributed by atoms with Crippen LogP contribution < -0.4 is 4.72 Å². The minimum atomic E-state index is -3.58. The Kier molecular flexibility index (Phi) is 7.08. The predicted octanol–water partition coefficient (Wildman–Crippen LogP) is 4.97. The van der Waals surface area contributed by atoms with Gasteiger partial charge in [0.15, 0.2) is 0 Å². The zero-order valence-corrected chi connectivity index (χ0v) is 20.4. The Hall–Kier alpha value is -3.26. The summed E-state index contributed by atoms with van der Waals surface area (Å²) in [6.07, 6.45) is 6.96. The van der Waals surface area contributed by atoms with Gasteiger partial charge in [0.1, 0.15) is 0 Å². The molecule has 1 aromatic heterocycles. The van der Waals surface area contributed by atoms with Gasteiger partial charge < -0.3 is 4.98 Å². The number of aromatic nitrogens is 2. The first-order chi connectivity index (χ1) is 17.1. The fourth-order valence-corrected chi connectivity index (χ4v) is 5.86. The molecule has 7 heteroatoms. The lowest BCUT2D eigenvalue weighted by Gasteiger charge is -2.36. The Morgan fingerprint density at radius 3 is 2.46 bits per heavy atom. The third-order valence-corrected chi connectivity index (χ3v) is 8.05. The van der Waals surface area contributed by atoms with Crippen molar-refractivity contribution < 1.29 is 8.42 Å². The molecule has 0 fully saturated rings. The predicted molar refractivity (Wildman–Crippen MR) is 137 cm³/mol. The Labute approximate surface area is 207 Å². The van der Waals surface area contributed by atoms with Crippen molar-refractivity contribution in [3.63, 3.8) is 0 Å². The number of H-pyrrole nitrogens is 1. The molecule has 6 nitrogen and oxygen atoms in total. The Balaban J connectivity index is 1.33. The maximum absolute atomic E-state index is 12.8. The number of nitrogens with one attached hydrogen (secondary N) is 2.